The SMILES string of the molecule is CN(CCNC(=O)CNC(=O)[C@H](Cc1ccccc1)NC(=O)CNC(=O)CN)CC(N)=O. The quantitative estimate of drug-likeness (QED) is 0.169. The van der Waals surface area contributed by atoms with Gasteiger partial charge in [-0.1, -0.05) is 30.3 Å². The van der Waals surface area contributed by atoms with Crippen LogP contribution in [0, 0.1) is 0 Å². The number of nitrogens with one attached hydrogen (secondary N) is 4. The van der Waals surface area contributed by atoms with Crippen molar-refractivity contribution in [3.05, 3.63) is 35.9 Å². The minimum Gasteiger partial charge on any atom is -0.369 e. The molecule has 1 aromatic carbocycles. The third kappa shape index (κ3) is 11.6. The van der Waals surface area contributed by atoms with Crippen LogP contribution in [0.15, 0.2) is 30.3 Å². The number of nitrogens with two attached hydrogens (primary N) is 2. The number of carbonyl (C=O) groups excluding carboxylic acids is 5. The number of carbonyl (C=O) groups is 5. The first kappa shape index (κ1) is 26.5. The molecule has 176 valence electrons. The molecule has 12 nitrogen and oxygen atoms in total. The summed E-state index contributed by atoms with van der Waals surface area (Å²) < 4.78 is 0. The van der Waals surface area contributed by atoms with Gasteiger partial charge in [-0.05, 0) is 12.6 Å². The fourth-order valence-electron chi connectivity index (χ4n) is 2.64. The summed E-state index contributed by atoms with van der Waals surface area (Å²) in [7, 11) is 1.69. The first-order valence-corrected chi connectivity index (χ1v) is 10.0. The molecular formula is C20H31N7O5. The largest absolute Gasteiger partial charge is 0.369 e. The molecular weight excluding hydrogens is 418 g/mol. The smallest absolute Gasteiger partial charge is 0.243 e. The average Bonchev–Trinajstić information content (AvgIpc) is 2.75. The van der Waals surface area contributed by atoms with Gasteiger partial charge in [0.1, 0.15) is 6.04 Å². The maximum atomic E-state index is 12.6. The van der Waals surface area contributed by atoms with Gasteiger partial charge in [0.2, 0.25) is 29.5 Å². The molecule has 0 fully saturated rings. The molecule has 0 aliphatic rings. The number of nitrogens with zero attached hydrogens (tertiary/aromatic N) is 1. The highest BCUT2D eigenvalue weighted by Gasteiger charge is 2.22. The Bertz CT molecular complexity index is 788. The van der Waals surface area contributed by atoms with E-state index < -0.39 is 35.6 Å². The van der Waals surface area contributed by atoms with E-state index in [2.05, 4.69) is 21.3 Å². The number of primary amides is 1. The van der Waals surface area contributed by atoms with Gasteiger partial charge in [-0.2, -0.15) is 0 Å². The summed E-state index contributed by atoms with van der Waals surface area (Å²) in [4.78, 5) is 60.4. The zero-order valence-electron chi connectivity index (χ0n) is 18.1. The van der Waals surface area contributed by atoms with E-state index >= 15 is 0 Å². The first-order valence-electron chi connectivity index (χ1n) is 10.0. The maximum Gasteiger partial charge on any atom is 0.243 e. The summed E-state index contributed by atoms with van der Waals surface area (Å²) in [5, 5.41) is 10.00. The van der Waals surface area contributed by atoms with Crippen molar-refractivity contribution in [2.75, 3.05) is 46.3 Å². The summed E-state index contributed by atoms with van der Waals surface area (Å²) in [5.74, 6) is -2.51. The average molecular weight is 450 g/mol. The van der Waals surface area contributed by atoms with Gasteiger partial charge in [0.15, 0.2) is 0 Å². The molecule has 0 radical (unpaired) electrons. The van der Waals surface area contributed by atoms with Crippen LogP contribution in [-0.2, 0) is 30.4 Å². The fourth-order valence-corrected chi connectivity index (χ4v) is 2.64. The minimum atomic E-state index is -0.950. The third-order valence-electron chi connectivity index (χ3n) is 4.23. The van der Waals surface area contributed by atoms with Crippen LogP contribution in [0.5, 0.6) is 0 Å². The van der Waals surface area contributed by atoms with Gasteiger partial charge in [-0.3, -0.25) is 28.9 Å². The predicted octanol–water partition coefficient (Wildman–Crippen LogP) is -3.56. The molecule has 0 heterocycles. The molecule has 1 atom stereocenters. The molecule has 0 bridgehead atoms. The van der Waals surface area contributed by atoms with Gasteiger partial charge in [-0.15, -0.1) is 0 Å². The first-order chi connectivity index (χ1) is 15.2. The zero-order valence-corrected chi connectivity index (χ0v) is 18.1. The number of benzene rings is 1. The highest BCUT2D eigenvalue weighted by atomic mass is 16.2. The number of hydrogen-bond acceptors (Lipinski definition) is 7. The summed E-state index contributed by atoms with van der Waals surface area (Å²) >= 11 is 0. The van der Waals surface area contributed by atoms with Crippen molar-refractivity contribution >= 4 is 29.5 Å². The van der Waals surface area contributed by atoms with Crippen LogP contribution in [0.4, 0.5) is 0 Å². The van der Waals surface area contributed by atoms with Crippen molar-refractivity contribution in [2.45, 2.75) is 12.5 Å². The number of likely N-dealkylation sites (N-methyl/N-ethyl adjacent to an activating group) is 1. The topological polar surface area (TPSA) is 189 Å². The van der Waals surface area contributed by atoms with Crippen LogP contribution in [0.1, 0.15) is 5.56 Å². The second-order valence-electron chi connectivity index (χ2n) is 7.06. The normalized spacial score (nSPS) is 11.3. The van der Waals surface area contributed by atoms with E-state index in [9.17, 15) is 24.0 Å². The number of hydrogen-bond donors (Lipinski definition) is 6. The summed E-state index contributed by atoms with van der Waals surface area (Å²) in [6, 6.07) is 8.09. The van der Waals surface area contributed by atoms with E-state index in [-0.39, 0.29) is 39.1 Å². The Kier molecular flexibility index (Phi) is 12.0. The third-order valence-corrected chi connectivity index (χ3v) is 4.23. The van der Waals surface area contributed by atoms with E-state index in [1.807, 2.05) is 6.07 Å². The lowest BCUT2D eigenvalue weighted by Gasteiger charge is -2.19. The molecule has 12 heteroatoms. The molecule has 0 aliphatic heterocycles. The Hall–Kier alpha value is -3.51. The second kappa shape index (κ2) is 14.5. The number of amides is 5. The van der Waals surface area contributed by atoms with Crippen LogP contribution in [0.25, 0.3) is 0 Å². The van der Waals surface area contributed by atoms with Gasteiger partial charge in [-0.25, -0.2) is 0 Å². The number of rotatable bonds is 14. The molecule has 0 saturated carbocycles. The molecule has 0 spiro atoms. The fraction of sp³-hybridized carbons (Fsp3) is 0.450. The van der Waals surface area contributed by atoms with Crippen molar-refractivity contribution in [3.63, 3.8) is 0 Å². The second-order valence-corrected chi connectivity index (χ2v) is 7.06. The van der Waals surface area contributed by atoms with Crippen molar-refractivity contribution in [3.8, 4) is 0 Å². The monoisotopic (exact) mass is 449 g/mol. The van der Waals surface area contributed by atoms with E-state index in [0.29, 0.717) is 6.54 Å². The Morgan fingerprint density at radius 2 is 1.59 bits per heavy atom. The zero-order chi connectivity index (χ0) is 23.9. The van der Waals surface area contributed by atoms with Gasteiger partial charge >= 0.3 is 0 Å². The lowest BCUT2D eigenvalue weighted by molar-refractivity contribution is -0.130. The predicted molar refractivity (Wildman–Crippen MR) is 117 cm³/mol. The lowest BCUT2D eigenvalue weighted by Crippen LogP contribution is -2.52. The maximum absolute atomic E-state index is 12.6. The van der Waals surface area contributed by atoms with E-state index in [1.54, 1.807) is 36.2 Å². The Labute approximate surface area is 186 Å². The summed E-state index contributed by atoms with van der Waals surface area (Å²) in [6.45, 7) is -0.126. The van der Waals surface area contributed by atoms with Crippen LogP contribution in [0.2, 0.25) is 0 Å². The summed E-state index contributed by atoms with van der Waals surface area (Å²) in [6.07, 6.45) is 0.197. The summed E-state index contributed by atoms with van der Waals surface area (Å²) in [5.41, 5.74) is 11.1. The Balaban J connectivity index is 2.56. The van der Waals surface area contributed by atoms with Crippen LogP contribution < -0.4 is 32.7 Å². The molecule has 0 unspecified atom stereocenters. The van der Waals surface area contributed by atoms with E-state index in [4.69, 9.17) is 11.5 Å². The Morgan fingerprint density at radius 3 is 2.22 bits per heavy atom. The van der Waals surface area contributed by atoms with Crippen LogP contribution in [0.3, 0.4) is 0 Å². The van der Waals surface area contributed by atoms with Gasteiger partial charge in [0, 0.05) is 19.5 Å². The minimum absolute atomic E-state index is 0.0687. The van der Waals surface area contributed by atoms with Gasteiger partial charge < -0.3 is 32.7 Å². The standard InChI is InChI=1S/C20H31N7O5/c1-27(13-16(22)28)8-7-23-18(30)11-25-20(32)15(9-14-5-3-2-4-6-14)26-19(31)12-24-17(29)10-21/h2-6,15H,7-13,21H2,1H3,(H2,22,28)(H,23,30)(H,24,29)(H,25,32)(H,26,31)/t15-/m0/s1. The highest BCUT2D eigenvalue weighted by molar-refractivity contribution is 5.92. The molecule has 0 aliphatic carbocycles. The van der Waals surface area contributed by atoms with Gasteiger partial charge in [0.25, 0.3) is 0 Å². The lowest BCUT2D eigenvalue weighted by atomic mass is 10.1. The van der Waals surface area contributed by atoms with Crippen LogP contribution in [-0.4, -0.2) is 86.8 Å². The molecule has 1 aromatic rings. The van der Waals surface area contributed by atoms with Gasteiger partial charge in [0.05, 0.1) is 26.2 Å². The molecule has 8 N–H and O–H groups in total. The van der Waals surface area contributed by atoms with Crippen molar-refractivity contribution < 1.29 is 24.0 Å². The van der Waals surface area contributed by atoms with Crippen molar-refractivity contribution in [2.24, 2.45) is 11.5 Å². The molecule has 32 heavy (non-hydrogen) atoms. The molecule has 5 amide bonds. The van der Waals surface area contributed by atoms with Crippen LogP contribution >= 0.6 is 0 Å². The van der Waals surface area contributed by atoms with E-state index in [0.717, 1.165) is 5.56 Å². The molecule has 0 aromatic heterocycles. The molecule has 0 saturated heterocycles. The highest BCUT2D eigenvalue weighted by Crippen LogP contribution is 2.03. The Morgan fingerprint density at radius 1 is 0.938 bits per heavy atom. The van der Waals surface area contributed by atoms with Crippen molar-refractivity contribution in [1.29, 1.82) is 0 Å². The van der Waals surface area contributed by atoms with E-state index in [1.165, 1.54) is 0 Å². The molecule has 1 rings (SSSR count). The van der Waals surface area contributed by atoms with Crippen molar-refractivity contribution in [1.82, 2.24) is 26.2 Å².